The highest BCUT2D eigenvalue weighted by Crippen LogP contribution is 2.10. The fraction of sp³-hybridized carbons (Fsp3) is 0.923. The van der Waals surface area contributed by atoms with E-state index >= 15 is 0 Å². The summed E-state index contributed by atoms with van der Waals surface area (Å²) in [4.78, 5) is 11.6. The Morgan fingerprint density at radius 1 is 1.41 bits per heavy atom. The summed E-state index contributed by atoms with van der Waals surface area (Å²) in [6, 6.07) is 0. The van der Waals surface area contributed by atoms with Crippen molar-refractivity contribution in [2.24, 2.45) is 11.7 Å². The third kappa shape index (κ3) is 9.12. The number of hydrogen-bond acceptors (Lipinski definition) is 3. The van der Waals surface area contributed by atoms with Crippen LogP contribution in [0, 0.1) is 5.92 Å². The minimum atomic E-state index is -0.284. The Morgan fingerprint density at radius 2 is 2.06 bits per heavy atom. The van der Waals surface area contributed by atoms with Crippen molar-refractivity contribution in [3.05, 3.63) is 0 Å². The molecule has 0 bridgehead atoms. The van der Waals surface area contributed by atoms with Crippen LogP contribution < -0.4 is 11.1 Å². The fourth-order valence-corrected chi connectivity index (χ4v) is 1.65. The highest BCUT2D eigenvalue weighted by Gasteiger charge is 2.18. The van der Waals surface area contributed by atoms with Crippen LogP contribution in [-0.4, -0.2) is 31.2 Å². The fourth-order valence-electron chi connectivity index (χ4n) is 1.65. The van der Waals surface area contributed by atoms with E-state index in [1.807, 2.05) is 20.8 Å². The van der Waals surface area contributed by atoms with Gasteiger partial charge in [-0.2, -0.15) is 0 Å². The first kappa shape index (κ1) is 16.4. The number of nitrogens with one attached hydrogen (secondary N) is 1. The van der Waals surface area contributed by atoms with E-state index in [0.29, 0.717) is 32.0 Å². The number of ether oxygens (including phenoxy) is 1. The molecular formula is C13H28N2O2. The van der Waals surface area contributed by atoms with E-state index in [1.165, 1.54) is 0 Å². The van der Waals surface area contributed by atoms with Crippen LogP contribution >= 0.6 is 0 Å². The SMILES string of the molecule is CCOC(C)(C)CNC(=O)CCC(C)CCN. The van der Waals surface area contributed by atoms with Crippen molar-refractivity contribution in [3.63, 3.8) is 0 Å². The summed E-state index contributed by atoms with van der Waals surface area (Å²) >= 11 is 0. The van der Waals surface area contributed by atoms with Gasteiger partial charge in [0.15, 0.2) is 0 Å². The Bertz CT molecular complexity index is 217. The van der Waals surface area contributed by atoms with Gasteiger partial charge in [-0.05, 0) is 46.1 Å². The molecule has 0 fully saturated rings. The quantitative estimate of drug-likeness (QED) is 0.648. The summed E-state index contributed by atoms with van der Waals surface area (Å²) in [7, 11) is 0. The van der Waals surface area contributed by atoms with E-state index in [0.717, 1.165) is 12.8 Å². The van der Waals surface area contributed by atoms with Gasteiger partial charge in [0.25, 0.3) is 0 Å². The summed E-state index contributed by atoms with van der Waals surface area (Å²) in [5, 5.41) is 2.91. The van der Waals surface area contributed by atoms with Gasteiger partial charge in [0.2, 0.25) is 5.91 Å². The second-order valence-electron chi connectivity index (χ2n) is 5.19. The van der Waals surface area contributed by atoms with E-state index in [9.17, 15) is 4.79 Å². The third-order valence-corrected chi connectivity index (χ3v) is 2.77. The van der Waals surface area contributed by atoms with E-state index in [2.05, 4.69) is 12.2 Å². The lowest BCUT2D eigenvalue weighted by molar-refractivity contribution is -0.123. The molecule has 0 aliphatic carbocycles. The second-order valence-corrected chi connectivity index (χ2v) is 5.19. The van der Waals surface area contributed by atoms with E-state index in [-0.39, 0.29) is 11.5 Å². The molecule has 1 amide bonds. The highest BCUT2D eigenvalue weighted by molar-refractivity contribution is 5.75. The molecule has 102 valence electrons. The molecule has 0 rings (SSSR count). The number of nitrogens with two attached hydrogens (primary N) is 1. The summed E-state index contributed by atoms with van der Waals surface area (Å²) in [5.41, 5.74) is 5.18. The molecule has 0 aromatic carbocycles. The molecule has 0 radical (unpaired) electrons. The normalized spacial score (nSPS) is 13.5. The van der Waals surface area contributed by atoms with Crippen molar-refractivity contribution in [2.75, 3.05) is 19.7 Å². The molecule has 0 saturated heterocycles. The van der Waals surface area contributed by atoms with Crippen LogP contribution in [0.1, 0.15) is 47.0 Å². The Labute approximate surface area is 105 Å². The average molecular weight is 244 g/mol. The molecule has 0 aromatic heterocycles. The number of rotatable bonds is 9. The maximum atomic E-state index is 11.6. The van der Waals surface area contributed by atoms with Crippen molar-refractivity contribution in [1.29, 1.82) is 0 Å². The van der Waals surface area contributed by atoms with Crippen molar-refractivity contribution in [1.82, 2.24) is 5.32 Å². The largest absolute Gasteiger partial charge is 0.374 e. The van der Waals surface area contributed by atoms with Gasteiger partial charge in [0.1, 0.15) is 0 Å². The standard InChI is InChI=1S/C13H28N2O2/c1-5-17-13(3,4)10-15-12(16)7-6-11(2)8-9-14/h11H,5-10,14H2,1-4H3,(H,15,16). The van der Waals surface area contributed by atoms with E-state index in [1.54, 1.807) is 0 Å². The van der Waals surface area contributed by atoms with Crippen molar-refractivity contribution in [3.8, 4) is 0 Å². The molecular weight excluding hydrogens is 216 g/mol. The average Bonchev–Trinajstić information content (AvgIpc) is 2.24. The van der Waals surface area contributed by atoms with Crippen molar-refractivity contribution in [2.45, 2.75) is 52.6 Å². The van der Waals surface area contributed by atoms with Gasteiger partial charge in [-0.25, -0.2) is 0 Å². The molecule has 0 spiro atoms. The first-order chi connectivity index (χ1) is 7.91. The van der Waals surface area contributed by atoms with Gasteiger partial charge in [0, 0.05) is 19.6 Å². The minimum Gasteiger partial charge on any atom is -0.374 e. The summed E-state index contributed by atoms with van der Waals surface area (Å²) in [5.74, 6) is 0.618. The second kappa shape index (κ2) is 8.48. The summed E-state index contributed by atoms with van der Waals surface area (Å²) in [6.45, 7) is 9.96. The molecule has 4 heteroatoms. The Morgan fingerprint density at radius 3 is 2.59 bits per heavy atom. The lowest BCUT2D eigenvalue weighted by Gasteiger charge is -2.25. The predicted octanol–water partition coefficient (Wildman–Crippen LogP) is 1.68. The topological polar surface area (TPSA) is 64.3 Å². The molecule has 0 aliphatic rings. The van der Waals surface area contributed by atoms with Crippen LogP contribution in [0.4, 0.5) is 0 Å². The third-order valence-electron chi connectivity index (χ3n) is 2.77. The monoisotopic (exact) mass is 244 g/mol. The van der Waals surface area contributed by atoms with Gasteiger partial charge in [-0.1, -0.05) is 6.92 Å². The molecule has 0 aromatic rings. The Kier molecular flexibility index (Phi) is 8.17. The van der Waals surface area contributed by atoms with Crippen molar-refractivity contribution >= 4 is 5.91 Å². The minimum absolute atomic E-state index is 0.0987. The maximum absolute atomic E-state index is 11.6. The first-order valence-corrected chi connectivity index (χ1v) is 6.52. The van der Waals surface area contributed by atoms with Gasteiger partial charge in [-0.3, -0.25) is 4.79 Å². The van der Waals surface area contributed by atoms with Crippen LogP contribution in [0.5, 0.6) is 0 Å². The van der Waals surface area contributed by atoms with Crippen LogP contribution in [-0.2, 0) is 9.53 Å². The van der Waals surface area contributed by atoms with Crippen LogP contribution in [0.3, 0.4) is 0 Å². The smallest absolute Gasteiger partial charge is 0.220 e. The maximum Gasteiger partial charge on any atom is 0.220 e. The Hall–Kier alpha value is -0.610. The molecule has 1 atom stereocenters. The van der Waals surface area contributed by atoms with Gasteiger partial charge in [-0.15, -0.1) is 0 Å². The van der Waals surface area contributed by atoms with Crippen LogP contribution in [0.15, 0.2) is 0 Å². The molecule has 17 heavy (non-hydrogen) atoms. The number of amides is 1. The van der Waals surface area contributed by atoms with E-state index < -0.39 is 0 Å². The lowest BCUT2D eigenvalue weighted by atomic mass is 10.0. The molecule has 3 N–H and O–H groups in total. The predicted molar refractivity (Wildman–Crippen MR) is 70.8 cm³/mol. The van der Waals surface area contributed by atoms with E-state index in [4.69, 9.17) is 10.5 Å². The summed E-state index contributed by atoms with van der Waals surface area (Å²) < 4.78 is 5.51. The molecule has 0 heterocycles. The zero-order chi connectivity index (χ0) is 13.3. The molecule has 0 aliphatic heterocycles. The first-order valence-electron chi connectivity index (χ1n) is 6.52. The van der Waals surface area contributed by atoms with Crippen LogP contribution in [0.25, 0.3) is 0 Å². The zero-order valence-electron chi connectivity index (χ0n) is 11.7. The molecule has 0 saturated carbocycles. The van der Waals surface area contributed by atoms with Gasteiger partial charge >= 0.3 is 0 Å². The van der Waals surface area contributed by atoms with Crippen molar-refractivity contribution < 1.29 is 9.53 Å². The Balaban J connectivity index is 3.72. The van der Waals surface area contributed by atoms with Gasteiger partial charge in [0.05, 0.1) is 5.60 Å². The molecule has 1 unspecified atom stereocenters. The summed E-state index contributed by atoms with van der Waals surface area (Å²) in [6.07, 6.45) is 2.46. The number of carbonyl (C=O) groups excluding carboxylic acids is 1. The van der Waals surface area contributed by atoms with Crippen LogP contribution in [0.2, 0.25) is 0 Å². The number of hydrogen-bond donors (Lipinski definition) is 2. The number of carbonyl (C=O) groups is 1. The lowest BCUT2D eigenvalue weighted by Crippen LogP contribution is -2.40. The highest BCUT2D eigenvalue weighted by atomic mass is 16.5. The molecule has 4 nitrogen and oxygen atoms in total. The zero-order valence-corrected chi connectivity index (χ0v) is 11.7. The van der Waals surface area contributed by atoms with Gasteiger partial charge < -0.3 is 15.8 Å².